The van der Waals surface area contributed by atoms with Crippen LogP contribution in [-0.4, -0.2) is 48.7 Å². The van der Waals surface area contributed by atoms with Crippen LogP contribution in [0.3, 0.4) is 0 Å². The van der Waals surface area contributed by atoms with Crippen LogP contribution in [0.15, 0.2) is 30.3 Å². The Bertz CT molecular complexity index is 673. The molecule has 1 N–H and O–H groups in total. The van der Waals surface area contributed by atoms with Gasteiger partial charge in [0.05, 0.1) is 24.3 Å². The van der Waals surface area contributed by atoms with Gasteiger partial charge in [0.2, 0.25) is 0 Å². The summed E-state index contributed by atoms with van der Waals surface area (Å²) in [4.78, 5) is 14.8. The van der Waals surface area contributed by atoms with Gasteiger partial charge >= 0.3 is 6.09 Å². The molecule has 1 aromatic carbocycles. The Kier molecular flexibility index (Phi) is 6.22. The van der Waals surface area contributed by atoms with Crippen LogP contribution in [-0.2, 0) is 15.8 Å². The summed E-state index contributed by atoms with van der Waals surface area (Å²) in [6.07, 6.45) is 2.34. The van der Waals surface area contributed by atoms with E-state index < -0.39 is 14.4 Å². The Balaban J connectivity index is 1.73. The molecular weight excluding hydrogens is 370 g/mol. The van der Waals surface area contributed by atoms with Crippen molar-refractivity contribution in [2.24, 2.45) is 0 Å². The van der Waals surface area contributed by atoms with E-state index in [1.54, 1.807) is 4.90 Å². The molecule has 2 aliphatic heterocycles. The van der Waals surface area contributed by atoms with Crippen LogP contribution in [0.25, 0.3) is 0 Å². The second-order valence-electron chi connectivity index (χ2n) is 9.72. The Labute approximate surface area is 170 Å². The molecule has 1 aromatic rings. The third-order valence-electron chi connectivity index (χ3n) is 6.76. The van der Waals surface area contributed by atoms with Crippen LogP contribution in [0.4, 0.5) is 4.79 Å². The number of rotatable bonds is 4. The van der Waals surface area contributed by atoms with E-state index in [9.17, 15) is 9.90 Å². The molecule has 28 heavy (non-hydrogen) atoms. The summed E-state index contributed by atoms with van der Waals surface area (Å²) in [6, 6.07) is 9.53. The van der Waals surface area contributed by atoms with Gasteiger partial charge in [0.1, 0.15) is 6.61 Å². The molecule has 6 heteroatoms. The highest BCUT2D eigenvalue weighted by molar-refractivity contribution is 6.74. The third-order valence-corrected chi connectivity index (χ3v) is 11.3. The highest BCUT2D eigenvalue weighted by Crippen LogP contribution is 2.42. The maximum Gasteiger partial charge on any atom is 0.410 e. The summed E-state index contributed by atoms with van der Waals surface area (Å²) >= 11 is 0. The first kappa shape index (κ1) is 21.3. The average Bonchev–Trinajstić information content (AvgIpc) is 2.63. The molecule has 0 aliphatic carbocycles. The predicted octanol–water partition coefficient (Wildman–Crippen LogP) is 4.70. The largest absolute Gasteiger partial charge is 0.445 e. The molecule has 5 nitrogen and oxygen atoms in total. The fourth-order valence-corrected chi connectivity index (χ4v) is 5.47. The number of hydrogen-bond acceptors (Lipinski definition) is 4. The van der Waals surface area contributed by atoms with Crippen molar-refractivity contribution in [2.45, 2.75) is 95.5 Å². The summed E-state index contributed by atoms with van der Waals surface area (Å²) in [5.41, 5.74) is 0.965. The zero-order valence-electron chi connectivity index (χ0n) is 17.9. The number of nitrogens with zero attached hydrogens (tertiary/aromatic N) is 1. The number of piperidine rings is 2. The first-order chi connectivity index (χ1) is 13.1. The van der Waals surface area contributed by atoms with Crippen LogP contribution in [0, 0.1) is 0 Å². The maximum atomic E-state index is 13.0. The molecule has 156 valence electrons. The number of fused-ring (bicyclic) bond motifs is 2. The zero-order valence-corrected chi connectivity index (χ0v) is 18.9. The number of aliphatic hydroxyl groups excluding tert-OH is 1. The minimum atomic E-state index is -1.94. The van der Waals surface area contributed by atoms with Gasteiger partial charge in [0.15, 0.2) is 8.32 Å². The van der Waals surface area contributed by atoms with Crippen molar-refractivity contribution < 1.29 is 19.1 Å². The molecule has 0 aromatic heterocycles. The number of carbonyl (C=O) groups excluding carboxylic acids is 1. The molecule has 2 bridgehead atoms. The number of amides is 1. The molecule has 2 saturated heterocycles. The van der Waals surface area contributed by atoms with Gasteiger partial charge in [-0.2, -0.15) is 0 Å². The third kappa shape index (κ3) is 4.44. The van der Waals surface area contributed by atoms with Gasteiger partial charge in [-0.05, 0) is 49.4 Å². The topological polar surface area (TPSA) is 59.0 Å². The summed E-state index contributed by atoms with van der Waals surface area (Å²) in [6.45, 7) is 11.5. The average molecular weight is 406 g/mol. The monoisotopic (exact) mass is 405 g/mol. The van der Waals surface area contributed by atoms with E-state index in [1.807, 2.05) is 30.3 Å². The lowest BCUT2D eigenvalue weighted by Crippen LogP contribution is -2.64. The van der Waals surface area contributed by atoms with Crippen molar-refractivity contribution in [3.05, 3.63) is 35.9 Å². The molecule has 0 saturated carbocycles. The van der Waals surface area contributed by atoms with Gasteiger partial charge < -0.3 is 14.3 Å². The van der Waals surface area contributed by atoms with E-state index in [-0.39, 0.29) is 35.9 Å². The first-order valence-electron chi connectivity index (χ1n) is 10.4. The number of ether oxygens (including phenoxy) is 1. The summed E-state index contributed by atoms with van der Waals surface area (Å²) in [5, 5.41) is 10.6. The summed E-state index contributed by atoms with van der Waals surface area (Å²) in [7, 11) is -1.94. The molecule has 2 heterocycles. The van der Waals surface area contributed by atoms with E-state index in [0.717, 1.165) is 31.2 Å². The van der Waals surface area contributed by atoms with E-state index in [2.05, 4.69) is 33.9 Å². The van der Waals surface area contributed by atoms with E-state index >= 15 is 0 Å². The van der Waals surface area contributed by atoms with Crippen molar-refractivity contribution in [1.29, 1.82) is 0 Å². The lowest BCUT2D eigenvalue weighted by Gasteiger charge is -2.53. The van der Waals surface area contributed by atoms with Gasteiger partial charge in [-0.25, -0.2) is 4.79 Å². The number of carbonyl (C=O) groups is 1. The SMILES string of the molecule is CC(C)(C)[Si](C)(C)O[C@H]1CC[C@H]2[C@@H](O)CC[C@@H]1N2C(=O)OCc1ccccc1. The Morgan fingerprint density at radius 1 is 1.11 bits per heavy atom. The minimum Gasteiger partial charge on any atom is -0.445 e. The molecule has 0 radical (unpaired) electrons. The Morgan fingerprint density at radius 3 is 2.39 bits per heavy atom. The predicted molar refractivity (Wildman–Crippen MR) is 113 cm³/mol. The molecule has 0 spiro atoms. The van der Waals surface area contributed by atoms with Crippen LogP contribution in [0.2, 0.25) is 18.1 Å². The number of benzene rings is 1. The molecule has 2 fully saturated rings. The molecule has 0 unspecified atom stereocenters. The van der Waals surface area contributed by atoms with Crippen LogP contribution in [0.5, 0.6) is 0 Å². The molecule has 2 aliphatic rings. The van der Waals surface area contributed by atoms with Crippen LogP contribution in [0.1, 0.15) is 52.0 Å². The molecule has 1 amide bonds. The molecule has 3 rings (SSSR count). The standard InChI is InChI=1S/C22H35NO4Si/c1-22(2,3)28(4,5)27-20-14-12-17-19(24)13-11-18(20)23(17)21(25)26-15-16-9-7-6-8-10-16/h6-10,17-20,24H,11-15H2,1-5H3/t17-,18-,19-,20-/m0/s1. The van der Waals surface area contributed by atoms with Crippen molar-refractivity contribution >= 4 is 14.4 Å². The second kappa shape index (κ2) is 8.17. The van der Waals surface area contributed by atoms with Crippen molar-refractivity contribution in [1.82, 2.24) is 4.90 Å². The first-order valence-corrected chi connectivity index (χ1v) is 13.4. The number of hydrogen-bond donors (Lipinski definition) is 1. The van der Waals surface area contributed by atoms with E-state index in [0.29, 0.717) is 0 Å². The van der Waals surface area contributed by atoms with Crippen LogP contribution >= 0.6 is 0 Å². The van der Waals surface area contributed by atoms with Gasteiger partial charge in [-0.15, -0.1) is 0 Å². The quantitative estimate of drug-likeness (QED) is 0.738. The Hall–Kier alpha value is -1.37. The van der Waals surface area contributed by atoms with Crippen molar-refractivity contribution in [3.63, 3.8) is 0 Å². The highest BCUT2D eigenvalue weighted by Gasteiger charge is 2.50. The fourth-order valence-electron chi connectivity index (χ4n) is 4.09. The minimum absolute atomic E-state index is 0.0143. The van der Waals surface area contributed by atoms with E-state index in [1.165, 1.54) is 0 Å². The van der Waals surface area contributed by atoms with Crippen molar-refractivity contribution in [2.75, 3.05) is 0 Å². The summed E-state index contributed by atoms with van der Waals surface area (Å²) < 4.78 is 12.3. The van der Waals surface area contributed by atoms with Crippen molar-refractivity contribution in [3.8, 4) is 0 Å². The lowest BCUT2D eigenvalue weighted by atomic mass is 9.81. The molecule has 4 atom stereocenters. The zero-order chi connectivity index (χ0) is 20.5. The second-order valence-corrected chi connectivity index (χ2v) is 14.5. The van der Waals surface area contributed by atoms with Gasteiger partial charge in [0.25, 0.3) is 0 Å². The fraction of sp³-hybridized carbons (Fsp3) is 0.682. The lowest BCUT2D eigenvalue weighted by molar-refractivity contribution is -0.0851. The maximum absolute atomic E-state index is 13.0. The normalized spacial score (nSPS) is 28.1. The molecular formula is C22H35NO4Si. The van der Waals surface area contributed by atoms with Gasteiger partial charge in [0, 0.05) is 0 Å². The van der Waals surface area contributed by atoms with E-state index in [4.69, 9.17) is 9.16 Å². The highest BCUT2D eigenvalue weighted by atomic mass is 28.4. The van der Waals surface area contributed by atoms with Crippen LogP contribution < -0.4 is 0 Å². The summed E-state index contributed by atoms with van der Waals surface area (Å²) in [5.74, 6) is 0. The smallest absolute Gasteiger partial charge is 0.410 e. The van der Waals surface area contributed by atoms with Gasteiger partial charge in [-0.1, -0.05) is 51.1 Å². The van der Waals surface area contributed by atoms with Gasteiger partial charge in [-0.3, -0.25) is 4.90 Å². The number of aliphatic hydroxyl groups is 1. The Morgan fingerprint density at radius 2 is 1.75 bits per heavy atom.